The maximum Gasteiger partial charge on any atom is 0.246 e. The van der Waals surface area contributed by atoms with Gasteiger partial charge in [-0.3, -0.25) is 9.59 Å². The number of rotatable bonds is 4. The molecular formula is C24H25ClN4O3. The van der Waals surface area contributed by atoms with Gasteiger partial charge < -0.3 is 24.8 Å². The lowest BCUT2D eigenvalue weighted by molar-refractivity contribution is -0.158. The summed E-state index contributed by atoms with van der Waals surface area (Å²) >= 11 is 6.28. The van der Waals surface area contributed by atoms with E-state index in [0.717, 1.165) is 27.7 Å². The van der Waals surface area contributed by atoms with Crippen molar-refractivity contribution in [2.24, 2.45) is 0 Å². The highest BCUT2D eigenvalue weighted by atomic mass is 35.5. The summed E-state index contributed by atoms with van der Waals surface area (Å²) < 4.78 is 0. The second-order valence-corrected chi connectivity index (χ2v) is 9.23. The third-order valence-electron chi connectivity index (χ3n) is 6.40. The standard InChI is InChI=1S/C24H25ClN4O3/c1-27(2)8-9-28-13-21(31)29-20(24(28)32)12-18-17-11-15(25)6-7-19(17)26-22(18)23(29)14-4-3-5-16(30)10-14/h3-7,10-11,20,23,26,30H,8-9,12-13H2,1-2H3/t20-,23-/m1/s1. The number of nitrogens with one attached hydrogen (secondary N) is 1. The van der Waals surface area contributed by atoms with Crippen LogP contribution in [0.5, 0.6) is 5.75 Å². The van der Waals surface area contributed by atoms with Crippen molar-refractivity contribution in [3.8, 4) is 5.75 Å². The molecule has 5 rings (SSSR count). The average Bonchev–Trinajstić information content (AvgIpc) is 3.11. The molecule has 0 bridgehead atoms. The van der Waals surface area contributed by atoms with Gasteiger partial charge in [-0.25, -0.2) is 0 Å². The molecule has 0 spiro atoms. The number of aromatic hydroxyl groups is 1. The molecule has 3 aromatic rings. The molecule has 0 saturated carbocycles. The Kier molecular flexibility index (Phi) is 5.10. The van der Waals surface area contributed by atoms with E-state index in [9.17, 15) is 14.7 Å². The van der Waals surface area contributed by atoms with Gasteiger partial charge >= 0.3 is 0 Å². The van der Waals surface area contributed by atoms with Crippen LogP contribution < -0.4 is 0 Å². The highest BCUT2D eigenvalue weighted by Crippen LogP contribution is 2.43. The fraction of sp³-hybridized carbons (Fsp3) is 0.333. The van der Waals surface area contributed by atoms with E-state index in [1.807, 2.05) is 43.3 Å². The maximum atomic E-state index is 13.5. The molecule has 166 valence electrons. The lowest BCUT2D eigenvalue weighted by atomic mass is 9.86. The van der Waals surface area contributed by atoms with E-state index >= 15 is 0 Å². The molecule has 8 heteroatoms. The second kappa shape index (κ2) is 7.83. The van der Waals surface area contributed by atoms with E-state index in [-0.39, 0.29) is 24.1 Å². The van der Waals surface area contributed by atoms with Crippen LogP contribution in [0.25, 0.3) is 10.9 Å². The number of carbonyl (C=O) groups excluding carboxylic acids is 2. The number of hydrogen-bond acceptors (Lipinski definition) is 4. The quantitative estimate of drug-likeness (QED) is 0.638. The molecule has 3 heterocycles. The number of H-pyrrole nitrogens is 1. The first-order valence-electron chi connectivity index (χ1n) is 10.7. The number of benzene rings is 2. The number of aromatic amines is 1. The zero-order valence-electron chi connectivity index (χ0n) is 18.0. The molecule has 1 saturated heterocycles. The molecule has 0 unspecified atom stereocenters. The molecule has 32 heavy (non-hydrogen) atoms. The summed E-state index contributed by atoms with van der Waals surface area (Å²) in [5, 5.41) is 11.7. The van der Waals surface area contributed by atoms with Gasteiger partial charge in [0.2, 0.25) is 11.8 Å². The van der Waals surface area contributed by atoms with E-state index in [2.05, 4.69) is 4.98 Å². The number of fused-ring (bicyclic) bond motifs is 4. The van der Waals surface area contributed by atoms with E-state index in [4.69, 9.17) is 11.6 Å². The van der Waals surface area contributed by atoms with Gasteiger partial charge in [-0.15, -0.1) is 0 Å². The Labute approximate surface area is 191 Å². The van der Waals surface area contributed by atoms with Gasteiger partial charge in [0.05, 0.1) is 12.6 Å². The summed E-state index contributed by atoms with van der Waals surface area (Å²) in [7, 11) is 3.89. The number of amides is 2. The third-order valence-corrected chi connectivity index (χ3v) is 6.64. The minimum atomic E-state index is -0.601. The molecule has 0 radical (unpaired) electrons. The number of phenols is 1. The largest absolute Gasteiger partial charge is 0.508 e. The second-order valence-electron chi connectivity index (χ2n) is 8.79. The number of aromatic nitrogens is 1. The van der Waals surface area contributed by atoms with E-state index in [0.29, 0.717) is 24.5 Å². The van der Waals surface area contributed by atoms with Gasteiger partial charge in [0.15, 0.2) is 0 Å². The number of piperazine rings is 1. The predicted octanol–water partition coefficient (Wildman–Crippen LogP) is 2.77. The monoisotopic (exact) mass is 452 g/mol. The van der Waals surface area contributed by atoms with Crippen molar-refractivity contribution in [3.05, 3.63) is 64.3 Å². The zero-order chi connectivity index (χ0) is 22.6. The number of nitrogens with zero attached hydrogens (tertiary/aromatic N) is 3. The van der Waals surface area contributed by atoms with Crippen LogP contribution in [0.1, 0.15) is 22.9 Å². The summed E-state index contributed by atoms with van der Waals surface area (Å²) in [5.41, 5.74) is 3.53. The Morgan fingerprint density at radius 1 is 1.19 bits per heavy atom. The predicted molar refractivity (Wildman–Crippen MR) is 123 cm³/mol. The van der Waals surface area contributed by atoms with Crippen LogP contribution in [0.3, 0.4) is 0 Å². The Balaban J connectivity index is 1.65. The van der Waals surface area contributed by atoms with Crippen molar-refractivity contribution in [1.82, 2.24) is 19.7 Å². The van der Waals surface area contributed by atoms with Crippen molar-refractivity contribution in [2.45, 2.75) is 18.5 Å². The molecule has 2 N–H and O–H groups in total. The Bertz CT molecular complexity index is 1220. The fourth-order valence-electron chi connectivity index (χ4n) is 4.89. The smallest absolute Gasteiger partial charge is 0.246 e. The maximum absolute atomic E-state index is 13.5. The number of halogens is 1. The SMILES string of the molecule is CN(C)CCN1CC(=O)N2[C@H](c3cccc(O)c3)c3[nH]c4ccc(Cl)cc4c3C[C@@H]2C1=O. The van der Waals surface area contributed by atoms with Crippen LogP contribution >= 0.6 is 11.6 Å². The van der Waals surface area contributed by atoms with Crippen molar-refractivity contribution in [1.29, 1.82) is 0 Å². The van der Waals surface area contributed by atoms with Gasteiger partial charge in [-0.2, -0.15) is 0 Å². The minimum absolute atomic E-state index is 0.0429. The van der Waals surface area contributed by atoms with Gasteiger partial charge in [-0.1, -0.05) is 23.7 Å². The molecule has 2 aliphatic heterocycles. The first-order valence-corrected chi connectivity index (χ1v) is 11.0. The molecule has 2 atom stereocenters. The van der Waals surface area contributed by atoms with Crippen LogP contribution in [0.4, 0.5) is 0 Å². The molecule has 1 fully saturated rings. The molecular weight excluding hydrogens is 428 g/mol. The van der Waals surface area contributed by atoms with Crippen LogP contribution in [-0.2, 0) is 16.0 Å². The molecule has 2 aromatic carbocycles. The number of likely N-dealkylation sites (N-methyl/N-ethyl adjacent to an activating group) is 1. The van der Waals surface area contributed by atoms with Crippen LogP contribution in [0.15, 0.2) is 42.5 Å². The number of carbonyl (C=O) groups is 2. The van der Waals surface area contributed by atoms with Crippen LogP contribution in [0.2, 0.25) is 5.02 Å². The molecule has 2 aliphatic rings. The van der Waals surface area contributed by atoms with Crippen molar-refractivity contribution < 1.29 is 14.7 Å². The van der Waals surface area contributed by atoms with E-state index in [1.54, 1.807) is 28.0 Å². The fourth-order valence-corrected chi connectivity index (χ4v) is 5.07. The van der Waals surface area contributed by atoms with Gasteiger partial charge in [0.25, 0.3) is 0 Å². The van der Waals surface area contributed by atoms with E-state index in [1.165, 1.54) is 0 Å². The van der Waals surface area contributed by atoms with Crippen LogP contribution in [0, 0.1) is 0 Å². The summed E-state index contributed by atoms with van der Waals surface area (Å²) in [6, 6.07) is 11.4. The van der Waals surface area contributed by atoms with Crippen molar-refractivity contribution >= 4 is 34.3 Å². The first-order chi connectivity index (χ1) is 15.3. The van der Waals surface area contributed by atoms with Crippen LogP contribution in [-0.4, -0.2) is 76.4 Å². The third kappa shape index (κ3) is 3.42. The Morgan fingerprint density at radius 2 is 2.00 bits per heavy atom. The molecule has 0 aliphatic carbocycles. The Hall–Kier alpha value is -3.03. The minimum Gasteiger partial charge on any atom is -0.508 e. The molecule has 7 nitrogen and oxygen atoms in total. The summed E-state index contributed by atoms with van der Waals surface area (Å²) in [6.45, 7) is 1.25. The van der Waals surface area contributed by atoms with Crippen molar-refractivity contribution in [2.75, 3.05) is 33.7 Å². The highest BCUT2D eigenvalue weighted by molar-refractivity contribution is 6.31. The normalized spacial score (nSPS) is 20.8. The van der Waals surface area contributed by atoms with Gasteiger partial charge in [0.1, 0.15) is 11.8 Å². The highest BCUT2D eigenvalue weighted by Gasteiger charge is 2.48. The average molecular weight is 453 g/mol. The van der Waals surface area contributed by atoms with Gasteiger partial charge in [0, 0.05) is 41.1 Å². The molecule has 1 aromatic heterocycles. The number of phenolic OH excluding ortho intramolecular Hbond substituents is 1. The Morgan fingerprint density at radius 3 is 2.75 bits per heavy atom. The number of hydrogen-bond donors (Lipinski definition) is 2. The summed E-state index contributed by atoms with van der Waals surface area (Å²) in [6.07, 6.45) is 0.425. The van der Waals surface area contributed by atoms with E-state index < -0.39 is 12.1 Å². The lowest BCUT2D eigenvalue weighted by Gasteiger charge is -2.47. The lowest BCUT2D eigenvalue weighted by Crippen LogP contribution is -2.63. The van der Waals surface area contributed by atoms with Crippen molar-refractivity contribution in [3.63, 3.8) is 0 Å². The topological polar surface area (TPSA) is 79.9 Å². The first kappa shape index (κ1) is 20.8. The zero-order valence-corrected chi connectivity index (χ0v) is 18.8. The van der Waals surface area contributed by atoms with Gasteiger partial charge in [-0.05, 0) is 55.6 Å². The molecule has 2 amide bonds. The summed E-state index contributed by atoms with van der Waals surface area (Å²) in [5.74, 6) is -0.0172. The summed E-state index contributed by atoms with van der Waals surface area (Å²) in [4.78, 5) is 35.7.